The molecule has 1 aromatic heterocycles. The summed E-state index contributed by atoms with van der Waals surface area (Å²) < 4.78 is 0. The molecule has 1 amide bonds. The summed E-state index contributed by atoms with van der Waals surface area (Å²) in [4.78, 5) is 15.4. The van der Waals surface area contributed by atoms with Crippen molar-refractivity contribution in [3.8, 4) is 0 Å². The van der Waals surface area contributed by atoms with Gasteiger partial charge in [-0.05, 0) is 37.1 Å². The zero-order valence-electron chi connectivity index (χ0n) is 15.1. The SMILES string of the molecule is CCNC(=O)[C@@H](C)NC[C@H](c1ccccc1Cl)c1c[nH]c2ccccc12. The predicted octanol–water partition coefficient (Wildman–Crippen LogP) is 4.07. The number of amides is 1. The normalized spacial score (nSPS) is 13.5. The number of fused-ring (bicyclic) bond motifs is 1. The molecule has 0 aliphatic rings. The van der Waals surface area contributed by atoms with E-state index >= 15 is 0 Å². The summed E-state index contributed by atoms with van der Waals surface area (Å²) >= 11 is 6.50. The summed E-state index contributed by atoms with van der Waals surface area (Å²) in [5, 5.41) is 8.12. The minimum Gasteiger partial charge on any atom is -0.361 e. The van der Waals surface area contributed by atoms with Crippen molar-refractivity contribution in [3.05, 3.63) is 70.9 Å². The van der Waals surface area contributed by atoms with E-state index in [1.165, 1.54) is 10.9 Å². The Morgan fingerprint density at radius 3 is 2.62 bits per heavy atom. The predicted molar refractivity (Wildman–Crippen MR) is 108 cm³/mol. The molecule has 136 valence electrons. The summed E-state index contributed by atoms with van der Waals surface area (Å²) in [7, 11) is 0. The van der Waals surface area contributed by atoms with Crippen molar-refractivity contribution >= 4 is 28.4 Å². The summed E-state index contributed by atoms with van der Waals surface area (Å²) in [6.07, 6.45) is 2.04. The highest BCUT2D eigenvalue weighted by atomic mass is 35.5. The van der Waals surface area contributed by atoms with E-state index in [4.69, 9.17) is 11.6 Å². The molecule has 5 heteroatoms. The van der Waals surface area contributed by atoms with E-state index < -0.39 is 0 Å². The number of aromatic amines is 1. The van der Waals surface area contributed by atoms with Crippen LogP contribution in [0.25, 0.3) is 10.9 Å². The second kappa shape index (κ2) is 8.39. The van der Waals surface area contributed by atoms with Crippen LogP contribution in [0.1, 0.15) is 30.9 Å². The van der Waals surface area contributed by atoms with Gasteiger partial charge in [-0.15, -0.1) is 0 Å². The Morgan fingerprint density at radius 2 is 1.85 bits per heavy atom. The van der Waals surface area contributed by atoms with E-state index in [1.807, 2.05) is 56.4 Å². The minimum absolute atomic E-state index is 0.00401. The average molecular weight is 370 g/mol. The van der Waals surface area contributed by atoms with Crippen LogP contribution >= 0.6 is 11.6 Å². The first kappa shape index (κ1) is 18.5. The smallest absolute Gasteiger partial charge is 0.236 e. The number of aromatic nitrogens is 1. The second-order valence-electron chi connectivity index (χ2n) is 6.39. The molecular weight excluding hydrogens is 346 g/mol. The summed E-state index contributed by atoms with van der Waals surface area (Å²) in [5.41, 5.74) is 3.31. The maximum absolute atomic E-state index is 12.1. The van der Waals surface area contributed by atoms with Crippen LogP contribution in [0.2, 0.25) is 5.02 Å². The largest absolute Gasteiger partial charge is 0.361 e. The Hall–Kier alpha value is -2.30. The highest BCUT2D eigenvalue weighted by Crippen LogP contribution is 2.34. The molecule has 0 unspecified atom stereocenters. The molecule has 26 heavy (non-hydrogen) atoms. The number of carbonyl (C=O) groups excluding carboxylic acids is 1. The number of halogens is 1. The van der Waals surface area contributed by atoms with Crippen molar-refractivity contribution in [1.29, 1.82) is 0 Å². The molecule has 0 aliphatic heterocycles. The third kappa shape index (κ3) is 3.92. The molecule has 3 N–H and O–H groups in total. The summed E-state index contributed by atoms with van der Waals surface area (Å²) in [5.74, 6) is 0.0426. The minimum atomic E-state index is -0.273. The Bertz CT molecular complexity index is 890. The van der Waals surface area contributed by atoms with E-state index in [0.29, 0.717) is 13.1 Å². The topological polar surface area (TPSA) is 56.9 Å². The van der Waals surface area contributed by atoms with Gasteiger partial charge in [0.1, 0.15) is 0 Å². The number of para-hydroxylation sites is 1. The Kier molecular flexibility index (Phi) is 5.96. The highest BCUT2D eigenvalue weighted by Gasteiger charge is 2.22. The third-order valence-electron chi connectivity index (χ3n) is 4.65. The lowest BCUT2D eigenvalue weighted by Gasteiger charge is -2.22. The number of nitrogens with one attached hydrogen (secondary N) is 3. The zero-order valence-corrected chi connectivity index (χ0v) is 15.8. The molecule has 0 saturated carbocycles. The molecule has 3 aromatic rings. The van der Waals surface area contributed by atoms with Gasteiger partial charge in [0.25, 0.3) is 0 Å². The molecule has 0 bridgehead atoms. The fourth-order valence-corrected chi connectivity index (χ4v) is 3.51. The fourth-order valence-electron chi connectivity index (χ4n) is 3.24. The van der Waals surface area contributed by atoms with Gasteiger partial charge in [0, 0.05) is 41.1 Å². The molecule has 1 heterocycles. The van der Waals surface area contributed by atoms with Gasteiger partial charge in [0.05, 0.1) is 6.04 Å². The number of likely N-dealkylation sites (N-methyl/N-ethyl adjacent to an activating group) is 1. The van der Waals surface area contributed by atoms with Crippen LogP contribution in [0.4, 0.5) is 0 Å². The zero-order chi connectivity index (χ0) is 18.5. The number of rotatable bonds is 7. The van der Waals surface area contributed by atoms with Crippen LogP contribution in [0.15, 0.2) is 54.7 Å². The van der Waals surface area contributed by atoms with Crippen molar-refractivity contribution < 1.29 is 4.79 Å². The number of hydrogen-bond acceptors (Lipinski definition) is 2. The molecular formula is C21H24ClN3O. The van der Waals surface area contributed by atoms with Gasteiger partial charge >= 0.3 is 0 Å². The maximum Gasteiger partial charge on any atom is 0.236 e. The van der Waals surface area contributed by atoms with E-state index in [9.17, 15) is 4.79 Å². The van der Waals surface area contributed by atoms with Crippen molar-refractivity contribution in [2.24, 2.45) is 0 Å². The Morgan fingerprint density at radius 1 is 1.12 bits per heavy atom. The third-order valence-corrected chi connectivity index (χ3v) is 4.99. The van der Waals surface area contributed by atoms with Crippen molar-refractivity contribution in [3.63, 3.8) is 0 Å². The lowest BCUT2D eigenvalue weighted by molar-refractivity contribution is -0.122. The number of carbonyl (C=O) groups is 1. The van der Waals surface area contributed by atoms with Crippen LogP contribution in [-0.4, -0.2) is 30.0 Å². The van der Waals surface area contributed by atoms with Crippen LogP contribution in [-0.2, 0) is 4.79 Å². The fraction of sp³-hybridized carbons (Fsp3) is 0.286. The second-order valence-corrected chi connectivity index (χ2v) is 6.80. The van der Waals surface area contributed by atoms with Gasteiger partial charge in [-0.25, -0.2) is 0 Å². The number of hydrogen-bond donors (Lipinski definition) is 3. The first-order valence-corrected chi connectivity index (χ1v) is 9.31. The van der Waals surface area contributed by atoms with Crippen molar-refractivity contribution in [2.75, 3.05) is 13.1 Å². The van der Waals surface area contributed by atoms with Crippen LogP contribution in [0, 0.1) is 0 Å². The Balaban J connectivity index is 1.93. The standard InChI is InChI=1S/C21H24ClN3O/c1-3-23-21(26)14(2)24-12-17(15-8-4-6-10-19(15)22)18-13-25-20-11-7-5-9-16(18)20/h4-11,13-14,17,24-25H,3,12H2,1-2H3,(H,23,26)/t14-,17-/m1/s1. The molecule has 3 rings (SSSR count). The lowest BCUT2D eigenvalue weighted by atomic mass is 9.90. The first-order chi connectivity index (χ1) is 12.6. The van der Waals surface area contributed by atoms with Gasteiger partial charge in [-0.1, -0.05) is 48.0 Å². The van der Waals surface area contributed by atoms with Gasteiger partial charge in [-0.2, -0.15) is 0 Å². The molecule has 0 saturated heterocycles. The summed E-state index contributed by atoms with van der Waals surface area (Å²) in [6, 6.07) is 15.8. The highest BCUT2D eigenvalue weighted by molar-refractivity contribution is 6.31. The maximum atomic E-state index is 12.1. The van der Waals surface area contributed by atoms with Crippen LogP contribution in [0.3, 0.4) is 0 Å². The quantitative estimate of drug-likeness (QED) is 0.588. The molecule has 4 nitrogen and oxygen atoms in total. The van der Waals surface area contributed by atoms with Gasteiger partial charge in [0.15, 0.2) is 0 Å². The molecule has 2 atom stereocenters. The van der Waals surface area contributed by atoms with Crippen molar-refractivity contribution in [1.82, 2.24) is 15.6 Å². The Labute approximate surface area is 158 Å². The van der Waals surface area contributed by atoms with Crippen LogP contribution < -0.4 is 10.6 Å². The van der Waals surface area contributed by atoms with E-state index in [1.54, 1.807) is 0 Å². The van der Waals surface area contributed by atoms with E-state index in [2.05, 4.69) is 27.8 Å². The average Bonchev–Trinajstić information content (AvgIpc) is 3.07. The lowest BCUT2D eigenvalue weighted by Crippen LogP contribution is -2.43. The first-order valence-electron chi connectivity index (χ1n) is 8.93. The van der Waals surface area contributed by atoms with Crippen molar-refractivity contribution in [2.45, 2.75) is 25.8 Å². The van der Waals surface area contributed by atoms with E-state index in [-0.39, 0.29) is 17.9 Å². The number of H-pyrrole nitrogens is 1. The number of benzene rings is 2. The molecule has 0 aliphatic carbocycles. The molecule has 2 aromatic carbocycles. The van der Waals surface area contributed by atoms with Crippen LogP contribution in [0.5, 0.6) is 0 Å². The molecule has 0 fully saturated rings. The molecule has 0 radical (unpaired) electrons. The summed E-state index contributed by atoms with van der Waals surface area (Å²) in [6.45, 7) is 5.04. The van der Waals surface area contributed by atoms with Gasteiger partial charge in [0.2, 0.25) is 5.91 Å². The van der Waals surface area contributed by atoms with Gasteiger partial charge in [-0.3, -0.25) is 4.79 Å². The monoisotopic (exact) mass is 369 g/mol. The van der Waals surface area contributed by atoms with E-state index in [0.717, 1.165) is 16.1 Å². The van der Waals surface area contributed by atoms with Gasteiger partial charge < -0.3 is 15.6 Å². The molecule has 0 spiro atoms.